The summed E-state index contributed by atoms with van der Waals surface area (Å²) in [4.78, 5) is 18.1. The molecule has 1 aromatic heterocycles. The highest BCUT2D eigenvalue weighted by molar-refractivity contribution is 5.95. The molecule has 2 atom stereocenters. The van der Waals surface area contributed by atoms with E-state index in [4.69, 9.17) is 4.74 Å². The number of amides is 1. The van der Waals surface area contributed by atoms with Crippen molar-refractivity contribution in [1.82, 2.24) is 19.6 Å². The molecule has 6 nitrogen and oxygen atoms in total. The molecule has 0 bridgehead atoms. The van der Waals surface area contributed by atoms with Crippen LogP contribution in [0.4, 0.5) is 0 Å². The van der Waals surface area contributed by atoms with E-state index in [-0.39, 0.29) is 18.1 Å². The monoisotopic (exact) mass is 396 g/mol. The minimum absolute atomic E-state index is 0.0146. The fraction of sp³-hybridized carbons (Fsp3) is 0.565. The summed E-state index contributed by atoms with van der Waals surface area (Å²) < 4.78 is 8.13. The van der Waals surface area contributed by atoms with Gasteiger partial charge < -0.3 is 14.5 Å². The van der Waals surface area contributed by atoms with Crippen LogP contribution in [-0.2, 0) is 11.3 Å². The third-order valence-electron chi connectivity index (χ3n) is 6.02. The number of morpholine rings is 1. The molecular formula is C23H32N4O2. The van der Waals surface area contributed by atoms with Crippen molar-refractivity contribution in [2.45, 2.75) is 51.8 Å². The van der Waals surface area contributed by atoms with E-state index in [2.05, 4.69) is 29.1 Å². The number of carbonyl (C=O) groups excluding carboxylic acids is 1. The van der Waals surface area contributed by atoms with Gasteiger partial charge in [0, 0.05) is 25.8 Å². The first-order valence-corrected chi connectivity index (χ1v) is 10.9. The van der Waals surface area contributed by atoms with Crippen LogP contribution in [-0.4, -0.2) is 64.4 Å². The Kier molecular flexibility index (Phi) is 6.31. The van der Waals surface area contributed by atoms with E-state index in [1.807, 2.05) is 40.9 Å². The van der Waals surface area contributed by atoms with E-state index in [1.165, 1.54) is 12.8 Å². The van der Waals surface area contributed by atoms with Gasteiger partial charge in [0.05, 0.1) is 30.0 Å². The minimum Gasteiger partial charge on any atom is -0.373 e. The second-order valence-electron chi connectivity index (χ2n) is 8.16. The number of likely N-dealkylation sites (tertiary alicyclic amines) is 1. The number of hydrogen-bond acceptors (Lipinski definition) is 4. The lowest BCUT2D eigenvalue weighted by molar-refractivity contribution is -0.0707. The van der Waals surface area contributed by atoms with Gasteiger partial charge in [-0.2, -0.15) is 5.10 Å². The quantitative estimate of drug-likeness (QED) is 0.752. The lowest BCUT2D eigenvalue weighted by Crippen LogP contribution is -2.51. The number of benzene rings is 1. The molecular weight excluding hydrogens is 364 g/mol. The van der Waals surface area contributed by atoms with E-state index in [0.29, 0.717) is 18.7 Å². The molecule has 4 rings (SSSR count). The molecule has 0 saturated carbocycles. The number of rotatable bonds is 6. The van der Waals surface area contributed by atoms with Gasteiger partial charge in [-0.1, -0.05) is 37.3 Å². The largest absolute Gasteiger partial charge is 0.373 e. The summed E-state index contributed by atoms with van der Waals surface area (Å²) in [6, 6.07) is 10.3. The third kappa shape index (κ3) is 4.38. The first-order chi connectivity index (χ1) is 14.2. The van der Waals surface area contributed by atoms with Crippen molar-refractivity contribution in [1.29, 1.82) is 0 Å². The van der Waals surface area contributed by atoms with E-state index in [1.54, 1.807) is 0 Å². The summed E-state index contributed by atoms with van der Waals surface area (Å²) in [5.74, 6) is 0.0634. The topological polar surface area (TPSA) is 50.6 Å². The van der Waals surface area contributed by atoms with Crippen LogP contribution in [0.1, 0.15) is 53.8 Å². The number of nitrogens with zero attached hydrogens (tertiary/aromatic N) is 4. The Bertz CT molecular complexity index is 814. The average Bonchev–Trinajstić information content (AvgIpc) is 3.38. The number of hydrogen-bond donors (Lipinski definition) is 0. The van der Waals surface area contributed by atoms with Crippen LogP contribution in [0.25, 0.3) is 0 Å². The molecule has 2 aromatic rings. The minimum atomic E-state index is -0.0769. The first kappa shape index (κ1) is 20.1. The second kappa shape index (κ2) is 9.09. The molecule has 2 saturated heterocycles. The van der Waals surface area contributed by atoms with Crippen LogP contribution in [0.2, 0.25) is 0 Å². The van der Waals surface area contributed by atoms with Crippen LogP contribution in [0.3, 0.4) is 0 Å². The molecule has 3 heterocycles. The molecule has 0 radical (unpaired) electrons. The normalized spacial score (nSPS) is 22.9. The van der Waals surface area contributed by atoms with Crippen molar-refractivity contribution in [2.75, 3.05) is 32.8 Å². The number of aryl methyl sites for hydroxylation is 2. The molecule has 0 unspecified atom stereocenters. The zero-order chi connectivity index (χ0) is 20.2. The highest BCUT2D eigenvalue weighted by Gasteiger charge is 2.38. The summed E-state index contributed by atoms with van der Waals surface area (Å²) >= 11 is 0. The van der Waals surface area contributed by atoms with Crippen LogP contribution in [0.5, 0.6) is 0 Å². The lowest BCUT2D eigenvalue weighted by Gasteiger charge is -2.42. The molecule has 2 fully saturated rings. The van der Waals surface area contributed by atoms with Crippen LogP contribution in [0, 0.1) is 6.92 Å². The SMILES string of the molecule is CCCn1cc(C(=O)N2CCO[C@@H](CN3CCCC3)[C@@H]2c2ccccc2)c(C)n1. The molecule has 0 N–H and O–H groups in total. The molecule has 2 aliphatic rings. The summed E-state index contributed by atoms with van der Waals surface area (Å²) in [7, 11) is 0. The molecule has 29 heavy (non-hydrogen) atoms. The van der Waals surface area contributed by atoms with Gasteiger partial charge in [-0.3, -0.25) is 9.48 Å². The van der Waals surface area contributed by atoms with E-state index in [0.717, 1.165) is 43.9 Å². The van der Waals surface area contributed by atoms with E-state index >= 15 is 0 Å². The van der Waals surface area contributed by atoms with Crippen LogP contribution in [0.15, 0.2) is 36.5 Å². The van der Waals surface area contributed by atoms with Crippen molar-refractivity contribution < 1.29 is 9.53 Å². The van der Waals surface area contributed by atoms with Crippen molar-refractivity contribution in [3.05, 3.63) is 53.3 Å². The van der Waals surface area contributed by atoms with Gasteiger partial charge in [0.1, 0.15) is 0 Å². The van der Waals surface area contributed by atoms with E-state index in [9.17, 15) is 4.79 Å². The smallest absolute Gasteiger partial charge is 0.258 e. The van der Waals surface area contributed by atoms with Gasteiger partial charge in [-0.15, -0.1) is 0 Å². The predicted octanol–water partition coefficient (Wildman–Crippen LogP) is 3.28. The highest BCUT2D eigenvalue weighted by atomic mass is 16.5. The zero-order valence-corrected chi connectivity index (χ0v) is 17.6. The molecule has 1 amide bonds. The van der Waals surface area contributed by atoms with Gasteiger partial charge in [0.15, 0.2) is 0 Å². The molecule has 2 aliphatic heterocycles. The first-order valence-electron chi connectivity index (χ1n) is 10.9. The van der Waals surface area contributed by atoms with Gasteiger partial charge in [-0.05, 0) is 44.8 Å². The zero-order valence-electron chi connectivity index (χ0n) is 17.6. The molecule has 0 aliphatic carbocycles. The maximum absolute atomic E-state index is 13.6. The summed E-state index contributed by atoms with van der Waals surface area (Å²) in [6.07, 6.45) is 5.40. The van der Waals surface area contributed by atoms with Crippen molar-refractivity contribution in [3.63, 3.8) is 0 Å². The lowest BCUT2D eigenvalue weighted by atomic mass is 9.96. The second-order valence-corrected chi connectivity index (χ2v) is 8.16. The third-order valence-corrected chi connectivity index (χ3v) is 6.02. The Morgan fingerprint density at radius 1 is 1.17 bits per heavy atom. The van der Waals surface area contributed by atoms with Crippen LogP contribution >= 0.6 is 0 Å². The highest BCUT2D eigenvalue weighted by Crippen LogP contribution is 2.32. The Labute approximate surface area is 173 Å². The van der Waals surface area contributed by atoms with Crippen molar-refractivity contribution in [2.24, 2.45) is 0 Å². The number of ether oxygens (including phenoxy) is 1. The summed E-state index contributed by atoms with van der Waals surface area (Å²) in [5, 5.41) is 4.55. The van der Waals surface area contributed by atoms with Gasteiger partial charge >= 0.3 is 0 Å². The average molecular weight is 397 g/mol. The summed E-state index contributed by atoms with van der Waals surface area (Å²) in [6.45, 7) is 9.18. The Morgan fingerprint density at radius 3 is 2.66 bits per heavy atom. The Morgan fingerprint density at radius 2 is 1.93 bits per heavy atom. The standard InChI is InChI=1S/C23H32N4O2/c1-3-11-26-16-20(18(2)24-26)23(28)27-14-15-29-21(17-25-12-7-8-13-25)22(27)19-9-5-4-6-10-19/h4-6,9-10,16,21-22H,3,7-8,11-15,17H2,1-2H3/t21-,22-/m0/s1. The fourth-order valence-corrected chi connectivity index (χ4v) is 4.60. The molecule has 6 heteroatoms. The van der Waals surface area contributed by atoms with Crippen molar-refractivity contribution in [3.8, 4) is 0 Å². The van der Waals surface area contributed by atoms with Gasteiger partial charge in [-0.25, -0.2) is 0 Å². The fourth-order valence-electron chi connectivity index (χ4n) is 4.60. The number of aromatic nitrogens is 2. The van der Waals surface area contributed by atoms with Gasteiger partial charge in [0.2, 0.25) is 0 Å². The molecule has 1 aromatic carbocycles. The Hall–Kier alpha value is -2.18. The Balaban J connectivity index is 1.63. The summed E-state index contributed by atoms with van der Waals surface area (Å²) in [5.41, 5.74) is 2.66. The maximum Gasteiger partial charge on any atom is 0.258 e. The number of carbonyl (C=O) groups is 1. The predicted molar refractivity (Wildman–Crippen MR) is 113 cm³/mol. The maximum atomic E-state index is 13.6. The van der Waals surface area contributed by atoms with E-state index < -0.39 is 0 Å². The molecule has 0 spiro atoms. The van der Waals surface area contributed by atoms with Gasteiger partial charge in [0.25, 0.3) is 5.91 Å². The van der Waals surface area contributed by atoms with Crippen molar-refractivity contribution >= 4 is 5.91 Å². The van der Waals surface area contributed by atoms with Crippen LogP contribution < -0.4 is 0 Å². The molecule has 156 valence electrons.